The second-order valence-corrected chi connectivity index (χ2v) is 4.14. The highest BCUT2D eigenvalue weighted by atomic mass is 35.5. The molecule has 4 nitrogen and oxygen atoms in total. The van der Waals surface area contributed by atoms with Crippen molar-refractivity contribution in [2.45, 2.75) is 19.3 Å². The first-order valence-electron chi connectivity index (χ1n) is 5.71. The van der Waals surface area contributed by atoms with Crippen molar-refractivity contribution in [2.75, 3.05) is 18.3 Å². The fraction of sp³-hybridized carbons (Fsp3) is 0.385. The average molecular weight is 270 g/mol. The van der Waals surface area contributed by atoms with Crippen LogP contribution in [0.4, 0.5) is 5.69 Å². The minimum Gasteiger partial charge on any atom is -0.465 e. The Bertz CT molecular complexity index is 420. The van der Waals surface area contributed by atoms with Crippen LogP contribution in [0.15, 0.2) is 24.3 Å². The van der Waals surface area contributed by atoms with Gasteiger partial charge in [-0.05, 0) is 31.0 Å². The molecular formula is C13H16ClNO3. The van der Waals surface area contributed by atoms with E-state index in [9.17, 15) is 9.59 Å². The second kappa shape index (κ2) is 7.71. The molecular weight excluding hydrogens is 254 g/mol. The van der Waals surface area contributed by atoms with E-state index >= 15 is 0 Å². The summed E-state index contributed by atoms with van der Waals surface area (Å²) in [4.78, 5) is 22.9. The van der Waals surface area contributed by atoms with Gasteiger partial charge in [0, 0.05) is 18.0 Å². The van der Waals surface area contributed by atoms with Crippen LogP contribution in [0, 0.1) is 0 Å². The third-order valence-corrected chi connectivity index (χ3v) is 2.62. The molecule has 0 atom stereocenters. The predicted octanol–water partition coefficient (Wildman–Crippen LogP) is 2.82. The lowest BCUT2D eigenvalue weighted by Crippen LogP contribution is -2.12. The second-order valence-electron chi connectivity index (χ2n) is 3.77. The Balaban J connectivity index is 2.56. The third kappa shape index (κ3) is 4.75. The Morgan fingerprint density at radius 2 is 2.11 bits per heavy atom. The predicted molar refractivity (Wildman–Crippen MR) is 71.0 cm³/mol. The fourth-order valence-corrected chi connectivity index (χ4v) is 1.63. The highest BCUT2D eigenvalue weighted by Gasteiger charge is 2.07. The van der Waals surface area contributed by atoms with Crippen LogP contribution in [0.5, 0.6) is 0 Å². The van der Waals surface area contributed by atoms with E-state index in [1.807, 2.05) is 0 Å². The molecule has 1 rings (SSSR count). The van der Waals surface area contributed by atoms with E-state index < -0.39 is 5.97 Å². The number of unbranched alkanes of at least 4 members (excludes halogenated alkanes) is 1. The molecule has 0 radical (unpaired) electrons. The number of carbonyl (C=O) groups excluding carboxylic acids is 2. The number of alkyl halides is 1. The molecule has 1 N–H and O–H groups in total. The Kier molecular flexibility index (Phi) is 6.22. The van der Waals surface area contributed by atoms with Crippen LogP contribution in [0.25, 0.3) is 0 Å². The van der Waals surface area contributed by atoms with Crippen LogP contribution in [0.1, 0.15) is 29.6 Å². The molecule has 0 aromatic heterocycles. The molecule has 0 saturated carbocycles. The molecule has 0 heterocycles. The van der Waals surface area contributed by atoms with E-state index in [2.05, 4.69) is 10.1 Å². The number of nitrogens with one attached hydrogen (secondary N) is 1. The summed E-state index contributed by atoms with van der Waals surface area (Å²) in [5.74, 6) is 0.0563. The lowest BCUT2D eigenvalue weighted by molar-refractivity contribution is -0.116. The van der Waals surface area contributed by atoms with Crippen LogP contribution >= 0.6 is 11.6 Å². The molecule has 1 aromatic carbocycles. The van der Waals surface area contributed by atoms with Gasteiger partial charge in [0.25, 0.3) is 0 Å². The molecule has 0 aliphatic heterocycles. The van der Waals surface area contributed by atoms with Crippen molar-refractivity contribution in [3.63, 3.8) is 0 Å². The highest BCUT2D eigenvalue weighted by molar-refractivity contribution is 6.17. The van der Waals surface area contributed by atoms with E-state index in [0.29, 0.717) is 23.6 Å². The molecule has 0 unspecified atom stereocenters. The monoisotopic (exact) mass is 269 g/mol. The number of amides is 1. The lowest BCUT2D eigenvalue weighted by atomic mass is 10.2. The zero-order valence-electron chi connectivity index (χ0n) is 10.2. The minimum atomic E-state index is -0.423. The number of hydrogen-bond acceptors (Lipinski definition) is 3. The molecule has 98 valence electrons. The normalized spacial score (nSPS) is 9.89. The third-order valence-electron chi connectivity index (χ3n) is 2.35. The number of ether oxygens (including phenoxy) is 1. The largest absolute Gasteiger partial charge is 0.465 e. The Morgan fingerprint density at radius 1 is 1.33 bits per heavy atom. The van der Waals surface area contributed by atoms with Crippen molar-refractivity contribution in [3.05, 3.63) is 29.8 Å². The van der Waals surface area contributed by atoms with Crippen LogP contribution in [-0.2, 0) is 9.53 Å². The number of carbonyl (C=O) groups is 2. The summed E-state index contributed by atoms with van der Waals surface area (Å²) in [6.07, 6.45) is 2.00. The van der Waals surface area contributed by atoms with Gasteiger partial charge in [0.2, 0.25) is 5.91 Å². The van der Waals surface area contributed by atoms with Gasteiger partial charge in [0.1, 0.15) is 0 Å². The van der Waals surface area contributed by atoms with Crippen LogP contribution in [0.3, 0.4) is 0 Å². The van der Waals surface area contributed by atoms with E-state index in [4.69, 9.17) is 11.6 Å². The van der Waals surface area contributed by atoms with Crippen LogP contribution in [0.2, 0.25) is 0 Å². The molecule has 1 aromatic rings. The summed E-state index contributed by atoms with van der Waals surface area (Å²) < 4.78 is 4.61. The van der Waals surface area contributed by atoms with Gasteiger partial charge < -0.3 is 10.1 Å². The molecule has 0 aliphatic carbocycles. The molecule has 0 spiro atoms. The van der Waals surface area contributed by atoms with Gasteiger partial charge in [-0.2, -0.15) is 0 Å². The van der Waals surface area contributed by atoms with E-state index in [1.54, 1.807) is 24.3 Å². The molecule has 0 fully saturated rings. The van der Waals surface area contributed by atoms with Gasteiger partial charge in [0.15, 0.2) is 0 Å². The topological polar surface area (TPSA) is 55.4 Å². The Morgan fingerprint density at radius 3 is 2.78 bits per heavy atom. The average Bonchev–Trinajstić information content (AvgIpc) is 2.38. The van der Waals surface area contributed by atoms with Crippen molar-refractivity contribution >= 4 is 29.2 Å². The quantitative estimate of drug-likeness (QED) is 0.491. The van der Waals surface area contributed by atoms with Crippen molar-refractivity contribution in [1.82, 2.24) is 0 Å². The van der Waals surface area contributed by atoms with Gasteiger partial charge in [-0.3, -0.25) is 4.79 Å². The molecule has 0 saturated heterocycles. The summed E-state index contributed by atoms with van der Waals surface area (Å²) >= 11 is 5.53. The fourth-order valence-electron chi connectivity index (χ4n) is 1.45. The van der Waals surface area contributed by atoms with Crippen molar-refractivity contribution < 1.29 is 14.3 Å². The van der Waals surface area contributed by atoms with E-state index in [-0.39, 0.29) is 5.91 Å². The molecule has 1 amide bonds. The zero-order valence-corrected chi connectivity index (χ0v) is 11.0. The lowest BCUT2D eigenvalue weighted by Gasteiger charge is -2.06. The van der Waals surface area contributed by atoms with Crippen LogP contribution < -0.4 is 5.32 Å². The van der Waals surface area contributed by atoms with Crippen LogP contribution in [-0.4, -0.2) is 24.9 Å². The van der Waals surface area contributed by atoms with Crippen molar-refractivity contribution in [1.29, 1.82) is 0 Å². The van der Waals surface area contributed by atoms with Gasteiger partial charge in [-0.1, -0.05) is 6.07 Å². The first-order valence-corrected chi connectivity index (χ1v) is 6.25. The summed E-state index contributed by atoms with van der Waals surface area (Å²) in [7, 11) is 1.32. The zero-order chi connectivity index (χ0) is 13.4. The number of methoxy groups -OCH3 is 1. The summed E-state index contributed by atoms with van der Waals surface area (Å²) in [5, 5.41) is 2.73. The summed E-state index contributed by atoms with van der Waals surface area (Å²) in [6.45, 7) is 0. The first-order chi connectivity index (χ1) is 8.67. The summed E-state index contributed by atoms with van der Waals surface area (Å²) in [6, 6.07) is 6.65. The number of esters is 1. The highest BCUT2D eigenvalue weighted by Crippen LogP contribution is 2.12. The molecule has 0 bridgehead atoms. The smallest absolute Gasteiger partial charge is 0.337 e. The number of halogens is 1. The number of benzene rings is 1. The SMILES string of the molecule is COC(=O)c1cccc(NC(=O)CCCCCl)c1. The maximum Gasteiger partial charge on any atom is 0.337 e. The molecule has 0 aliphatic rings. The Hall–Kier alpha value is -1.55. The van der Waals surface area contributed by atoms with Crippen molar-refractivity contribution in [2.24, 2.45) is 0 Å². The van der Waals surface area contributed by atoms with Gasteiger partial charge in [0.05, 0.1) is 12.7 Å². The summed E-state index contributed by atoms with van der Waals surface area (Å²) in [5.41, 5.74) is 1.00. The number of anilines is 1. The maximum absolute atomic E-state index is 11.6. The van der Waals surface area contributed by atoms with Gasteiger partial charge in [-0.25, -0.2) is 4.79 Å². The number of hydrogen-bond donors (Lipinski definition) is 1. The molecule has 18 heavy (non-hydrogen) atoms. The maximum atomic E-state index is 11.6. The minimum absolute atomic E-state index is 0.0814. The van der Waals surface area contributed by atoms with Gasteiger partial charge in [-0.15, -0.1) is 11.6 Å². The van der Waals surface area contributed by atoms with E-state index in [1.165, 1.54) is 7.11 Å². The first kappa shape index (κ1) is 14.5. The number of rotatable bonds is 6. The van der Waals surface area contributed by atoms with Gasteiger partial charge >= 0.3 is 5.97 Å². The Labute approximate surface area is 111 Å². The van der Waals surface area contributed by atoms with Crippen molar-refractivity contribution in [3.8, 4) is 0 Å². The van der Waals surface area contributed by atoms with E-state index in [0.717, 1.165) is 12.8 Å². The molecule has 5 heteroatoms. The standard InChI is InChI=1S/C13H16ClNO3/c1-18-13(17)10-5-4-6-11(9-10)15-12(16)7-2-3-8-14/h4-6,9H,2-3,7-8H2,1H3,(H,15,16).